The number of hydrogen-bond donors (Lipinski definition) is 1. The molecule has 0 aliphatic carbocycles. The Kier molecular flexibility index (Phi) is 5.60. The number of alkyl halides is 1. The third-order valence-corrected chi connectivity index (χ3v) is 5.44. The molecule has 3 rings (SSSR count). The molecular weight excluding hydrogens is 456 g/mol. The molecule has 3 aromatic rings. The second kappa shape index (κ2) is 7.36. The summed E-state index contributed by atoms with van der Waals surface area (Å²) in [5, 5.41) is 13.3. The van der Waals surface area contributed by atoms with Gasteiger partial charge in [-0.1, -0.05) is 68.4 Å². The number of pyridine rings is 1. The largest absolute Gasteiger partial charge is 0.388 e. The first kappa shape index (κ1) is 18.2. The van der Waals surface area contributed by atoms with E-state index in [2.05, 4.69) is 20.9 Å². The van der Waals surface area contributed by atoms with Gasteiger partial charge < -0.3 is 5.11 Å². The Morgan fingerprint density at radius 3 is 2.38 bits per heavy atom. The summed E-state index contributed by atoms with van der Waals surface area (Å²) in [5.74, 6) is 0. The summed E-state index contributed by atoms with van der Waals surface area (Å²) in [7, 11) is 0. The minimum Gasteiger partial charge on any atom is -0.388 e. The van der Waals surface area contributed by atoms with Crippen LogP contribution in [0, 0.1) is 0 Å². The number of halogens is 5. The predicted molar refractivity (Wildman–Crippen MR) is 106 cm³/mol. The van der Waals surface area contributed by atoms with Crippen LogP contribution in [0.3, 0.4) is 0 Å². The predicted octanol–water partition coefficient (Wildman–Crippen LogP) is 6.94. The minimum absolute atomic E-state index is 0.372. The number of nitrogens with zero attached hydrogens (tertiary/aromatic N) is 1. The van der Waals surface area contributed by atoms with Crippen LogP contribution in [-0.4, -0.2) is 15.4 Å². The molecule has 7 heteroatoms. The summed E-state index contributed by atoms with van der Waals surface area (Å²) >= 11 is 27.8. The first-order chi connectivity index (χ1) is 11.4. The highest BCUT2D eigenvalue weighted by atomic mass is 79.9. The van der Waals surface area contributed by atoms with Crippen molar-refractivity contribution in [3.63, 3.8) is 0 Å². The highest BCUT2D eigenvalue weighted by molar-refractivity contribution is 9.09. The Bertz CT molecular complexity index is 932. The maximum Gasteiger partial charge on any atom is 0.0900 e. The van der Waals surface area contributed by atoms with E-state index in [0.717, 1.165) is 5.56 Å². The normalized spacial score (nSPS) is 12.6. The van der Waals surface area contributed by atoms with Crippen LogP contribution in [0.15, 0.2) is 36.4 Å². The first-order valence-electron chi connectivity index (χ1n) is 6.90. The van der Waals surface area contributed by atoms with Gasteiger partial charge in [0.2, 0.25) is 0 Å². The lowest BCUT2D eigenvalue weighted by Gasteiger charge is -2.15. The van der Waals surface area contributed by atoms with Gasteiger partial charge in [-0.05, 0) is 35.9 Å². The van der Waals surface area contributed by atoms with Crippen LogP contribution in [0.4, 0.5) is 0 Å². The van der Waals surface area contributed by atoms with Gasteiger partial charge in [-0.25, -0.2) is 4.98 Å². The Hall–Kier alpha value is -0.550. The van der Waals surface area contributed by atoms with Crippen molar-refractivity contribution in [3.8, 4) is 11.3 Å². The van der Waals surface area contributed by atoms with Gasteiger partial charge >= 0.3 is 0 Å². The summed E-state index contributed by atoms with van der Waals surface area (Å²) in [6.07, 6.45) is -0.730. The van der Waals surface area contributed by atoms with E-state index in [-0.39, 0.29) is 0 Å². The van der Waals surface area contributed by atoms with Crippen molar-refractivity contribution < 1.29 is 5.11 Å². The molecular formula is C17H10BrCl4NO. The molecule has 0 amide bonds. The molecule has 1 aromatic heterocycles. The van der Waals surface area contributed by atoms with Crippen molar-refractivity contribution in [2.45, 2.75) is 6.10 Å². The van der Waals surface area contributed by atoms with E-state index in [1.165, 1.54) is 0 Å². The molecule has 1 heterocycles. The van der Waals surface area contributed by atoms with E-state index in [0.29, 0.717) is 47.6 Å². The Morgan fingerprint density at radius 1 is 0.958 bits per heavy atom. The number of aliphatic hydroxyl groups is 1. The third-order valence-electron chi connectivity index (χ3n) is 3.58. The number of aliphatic hydroxyl groups excluding tert-OH is 1. The molecule has 2 aromatic carbocycles. The van der Waals surface area contributed by atoms with Crippen molar-refractivity contribution in [1.29, 1.82) is 0 Å². The van der Waals surface area contributed by atoms with Crippen LogP contribution in [0.5, 0.6) is 0 Å². The zero-order valence-electron chi connectivity index (χ0n) is 12.0. The van der Waals surface area contributed by atoms with E-state index in [9.17, 15) is 5.11 Å². The Morgan fingerprint density at radius 2 is 1.71 bits per heavy atom. The lowest BCUT2D eigenvalue weighted by Crippen LogP contribution is -2.02. The lowest BCUT2D eigenvalue weighted by atomic mass is 10.0. The molecule has 2 nitrogen and oxygen atoms in total. The quantitative estimate of drug-likeness (QED) is 0.425. The second-order valence-electron chi connectivity index (χ2n) is 5.18. The molecule has 0 spiro atoms. The molecule has 1 N–H and O–H groups in total. The fourth-order valence-electron chi connectivity index (χ4n) is 2.44. The minimum atomic E-state index is -0.730. The topological polar surface area (TPSA) is 33.1 Å². The molecule has 24 heavy (non-hydrogen) atoms. The highest BCUT2D eigenvalue weighted by Crippen LogP contribution is 2.36. The lowest BCUT2D eigenvalue weighted by molar-refractivity contribution is 0.207. The number of hydrogen-bond acceptors (Lipinski definition) is 2. The molecule has 0 unspecified atom stereocenters. The number of benzene rings is 2. The summed E-state index contributed by atoms with van der Waals surface area (Å²) in [5.41, 5.74) is 2.67. The van der Waals surface area contributed by atoms with Crippen LogP contribution < -0.4 is 0 Å². The maximum atomic E-state index is 10.4. The van der Waals surface area contributed by atoms with Crippen LogP contribution in [-0.2, 0) is 0 Å². The van der Waals surface area contributed by atoms with Crippen LogP contribution >= 0.6 is 62.3 Å². The summed E-state index contributed by atoms with van der Waals surface area (Å²) in [6.45, 7) is 0. The molecule has 0 saturated carbocycles. The standard InChI is InChI=1S/C17H10BrCl4NO/c18-7-16(24)10-6-15(8-1-2-12(20)13(21)3-8)23-17-11(10)4-9(19)5-14(17)22/h1-6,16,24H,7H2/t16-/m1/s1. The van der Waals surface area contributed by atoms with Crippen molar-refractivity contribution in [2.24, 2.45) is 0 Å². The van der Waals surface area contributed by atoms with E-state index in [1.807, 2.05) is 6.07 Å². The molecule has 0 aliphatic rings. The number of aromatic nitrogens is 1. The molecule has 124 valence electrons. The fourth-order valence-corrected chi connectivity index (χ4v) is 3.62. The van der Waals surface area contributed by atoms with Crippen LogP contribution in [0.2, 0.25) is 20.1 Å². The smallest absolute Gasteiger partial charge is 0.0900 e. The summed E-state index contributed by atoms with van der Waals surface area (Å²) in [6, 6.07) is 10.4. The highest BCUT2D eigenvalue weighted by Gasteiger charge is 2.17. The van der Waals surface area contributed by atoms with E-state index in [4.69, 9.17) is 46.4 Å². The molecule has 0 saturated heterocycles. The van der Waals surface area contributed by atoms with Gasteiger partial charge in [0.15, 0.2) is 0 Å². The number of fused-ring (bicyclic) bond motifs is 1. The first-order valence-corrected chi connectivity index (χ1v) is 9.53. The second-order valence-corrected chi connectivity index (χ2v) is 7.49. The van der Waals surface area contributed by atoms with Gasteiger partial charge in [-0.2, -0.15) is 0 Å². The van der Waals surface area contributed by atoms with E-state index >= 15 is 0 Å². The van der Waals surface area contributed by atoms with Crippen molar-refractivity contribution in [1.82, 2.24) is 4.98 Å². The molecule has 1 atom stereocenters. The van der Waals surface area contributed by atoms with E-state index < -0.39 is 6.10 Å². The van der Waals surface area contributed by atoms with Gasteiger partial charge in [-0.3, -0.25) is 0 Å². The van der Waals surface area contributed by atoms with Crippen molar-refractivity contribution in [2.75, 3.05) is 5.33 Å². The van der Waals surface area contributed by atoms with Crippen molar-refractivity contribution >= 4 is 73.2 Å². The van der Waals surface area contributed by atoms with Gasteiger partial charge in [0, 0.05) is 21.3 Å². The fraction of sp³-hybridized carbons (Fsp3) is 0.118. The molecule has 0 bridgehead atoms. The monoisotopic (exact) mass is 463 g/mol. The summed E-state index contributed by atoms with van der Waals surface area (Å²) < 4.78 is 0. The summed E-state index contributed by atoms with van der Waals surface area (Å²) in [4.78, 5) is 4.62. The number of rotatable bonds is 3. The Labute approximate surface area is 167 Å². The maximum absolute atomic E-state index is 10.4. The molecule has 0 aliphatic heterocycles. The van der Waals surface area contributed by atoms with Gasteiger partial charge in [0.25, 0.3) is 0 Å². The van der Waals surface area contributed by atoms with Gasteiger partial charge in [0.05, 0.1) is 32.4 Å². The zero-order chi connectivity index (χ0) is 17.4. The van der Waals surface area contributed by atoms with E-state index in [1.54, 1.807) is 30.3 Å². The van der Waals surface area contributed by atoms with Crippen LogP contribution in [0.1, 0.15) is 11.7 Å². The zero-order valence-corrected chi connectivity index (χ0v) is 16.6. The average Bonchev–Trinajstić information content (AvgIpc) is 2.56. The average molecular weight is 466 g/mol. The van der Waals surface area contributed by atoms with Crippen LogP contribution in [0.25, 0.3) is 22.2 Å². The Balaban J connectivity index is 2.32. The third kappa shape index (κ3) is 3.52. The molecule has 0 fully saturated rings. The van der Waals surface area contributed by atoms with Gasteiger partial charge in [-0.15, -0.1) is 0 Å². The van der Waals surface area contributed by atoms with Crippen molar-refractivity contribution in [3.05, 3.63) is 62.1 Å². The van der Waals surface area contributed by atoms with Gasteiger partial charge in [0.1, 0.15) is 0 Å². The SMILES string of the molecule is O[C@H](CBr)c1cc(-c2ccc(Cl)c(Cl)c2)nc2c(Cl)cc(Cl)cc12. The molecule has 0 radical (unpaired) electrons.